The van der Waals surface area contributed by atoms with Gasteiger partial charge in [0.1, 0.15) is 5.82 Å². The van der Waals surface area contributed by atoms with Crippen LogP contribution in [0.25, 0.3) is 16.6 Å². The van der Waals surface area contributed by atoms with Crippen molar-refractivity contribution in [1.29, 1.82) is 0 Å². The van der Waals surface area contributed by atoms with Gasteiger partial charge >= 0.3 is 0 Å². The van der Waals surface area contributed by atoms with Gasteiger partial charge in [-0.2, -0.15) is 4.31 Å². The van der Waals surface area contributed by atoms with Gasteiger partial charge in [-0.25, -0.2) is 17.8 Å². The molecule has 0 spiro atoms. The third-order valence-electron chi connectivity index (χ3n) is 7.59. The summed E-state index contributed by atoms with van der Waals surface area (Å²) in [6.45, 7) is 4.10. The van der Waals surface area contributed by atoms with Gasteiger partial charge in [-0.15, -0.1) is 10.2 Å². The lowest BCUT2D eigenvalue weighted by Crippen LogP contribution is -2.36. The van der Waals surface area contributed by atoms with Crippen LogP contribution < -0.4 is 4.90 Å². The molecule has 3 heterocycles. The van der Waals surface area contributed by atoms with Gasteiger partial charge in [-0.05, 0) is 56.0 Å². The first-order valence-corrected chi connectivity index (χ1v) is 14.4. The van der Waals surface area contributed by atoms with Crippen LogP contribution in [0.15, 0.2) is 53.4 Å². The molecule has 2 aliphatic rings. The molecule has 2 aromatic heterocycles. The van der Waals surface area contributed by atoms with E-state index in [1.807, 2.05) is 31.2 Å². The molecule has 36 heavy (non-hydrogen) atoms. The van der Waals surface area contributed by atoms with Crippen molar-refractivity contribution in [3.05, 3.63) is 59.9 Å². The topological polar surface area (TPSA) is 83.7 Å². The van der Waals surface area contributed by atoms with Crippen LogP contribution in [0.3, 0.4) is 0 Å². The average molecular weight is 505 g/mol. The van der Waals surface area contributed by atoms with E-state index in [4.69, 9.17) is 10.1 Å². The number of sulfonamides is 1. The Balaban J connectivity index is 1.38. The van der Waals surface area contributed by atoms with Crippen LogP contribution in [0.4, 0.5) is 5.95 Å². The number of rotatable bonds is 4. The van der Waals surface area contributed by atoms with Gasteiger partial charge in [0.15, 0.2) is 5.65 Å². The quantitative estimate of drug-likeness (QED) is 0.406. The summed E-state index contributed by atoms with van der Waals surface area (Å²) >= 11 is 0. The zero-order valence-corrected chi connectivity index (χ0v) is 21.5. The van der Waals surface area contributed by atoms with Crippen LogP contribution >= 0.6 is 0 Å². The molecule has 188 valence electrons. The first kappa shape index (κ1) is 23.4. The summed E-state index contributed by atoms with van der Waals surface area (Å²) in [6.07, 6.45) is 6.67. The standard InChI is InChI=1S/C27H32N6O2S/c1-20-9-7-12-22(19-20)36(34,35)32-16-8-15-31(17-18-32)27-28-24-14-6-5-13-23(24)26-30-29-25(33(26)27)21-10-3-2-4-11-21/h5-7,9,12-14,19,21H,2-4,8,10-11,15-18H2,1H3. The third-order valence-corrected chi connectivity index (χ3v) is 9.48. The van der Waals surface area contributed by atoms with Crippen molar-refractivity contribution in [3.8, 4) is 0 Å². The Hall–Kier alpha value is -3.04. The Kier molecular flexibility index (Phi) is 6.13. The van der Waals surface area contributed by atoms with Crippen LogP contribution in [0.5, 0.6) is 0 Å². The molecule has 6 rings (SSSR count). The van der Waals surface area contributed by atoms with Crippen LogP contribution in [-0.2, 0) is 10.0 Å². The summed E-state index contributed by atoms with van der Waals surface area (Å²) in [6, 6.07) is 15.2. The lowest BCUT2D eigenvalue weighted by atomic mass is 9.89. The number of aromatic nitrogens is 4. The number of anilines is 1. The number of benzene rings is 2. The Labute approximate surface area is 212 Å². The highest BCUT2D eigenvalue weighted by Gasteiger charge is 2.30. The van der Waals surface area contributed by atoms with Crippen LogP contribution in [0.2, 0.25) is 0 Å². The lowest BCUT2D eigenvalue weighted by Gasteiger charge is -2.26. The van der Waals surface area contributed by atoms with Crippen molar-refractivity contribution in [1.82, 2.24) is 23.9 Å². The minimum absolute atomic E-state index is 0.362. The lowest BCUT2D eigenvalue weighted by molar-refractivity contribution is 0.425. The fourth-order valence-electron chi connectivity index (χ4n) is 5.68. The van der Waals surface area contributed by atoms with Gasteiger partial charge in [-0.1, -0.05) is 43.5 Å². The molecule has 1 saturated heterocycles. The number of para-hydroxylation sites is 1. The second-order valence-corrected chi connectivity index (χ2v) is 12.0. The van der Waals surface area contributed by atoms with Gasteiger partial charge < -0.3 is 4.90 Å². The van der Waals surface area contributed by atoms with Gasteiger partial charge in [0.05, 0.1) is 10.4 Å². The van der Waals surface area contributed by atoms with Crippen molar-refractivity contribution >= 4 is 32.5 Å². The molecule has 2 aromatic carbocycles. The van der Waals surface area contributed by atoms with Gasteiger partial charge in [0, 0.05) is 37.5 Å². The molecule has 8 nitrogen and oxygen atoms in total. The number of nitrogens with zero attached hydrogens (tertiary/aromatic N) is 6. The van der Waals surface area contributed by atoms with E-state index in [0.717, 1.165) is 59.7 Å². The van der Waals surface area contributed by atoms with Gasteiger partial charge in [0.2, 0.25) is 16.0 Å². The zero-order valence-electron chi connectivity index (χ0n) is 20.7. The molecular formula is C27H32N6O2S. The van der Waals surface area contributed by atoms with E-state index in [9.17, 15) is 8.42 Å². The molecular weight excluding hydrogens is 472 g/mol. The first-order chi connectivity index (χ1) is 17.5. The molecule has 1 saturated carbocycles. The molecule has 2 fully saturated rings. The van der Waals surface area contributed by atoms with Gasteiger partial charge in [0.25, 0.3) is 0 Å². The van der Waals surface area contributed by atoms with E-state index in [2.05, 4.69) is 20.5 Å². The maximum absolute atomic E-state index is 13.4. The maximum Gasteiger partial charge on any atom is 0.243 e. The summed E-state index contributed by atoms with van der Waals surface area (Å²) in [4.78, 5) is 7.68. The SMILES string of the molecule is Cc1cccc(S(=O)(=O)N2CCCN(c3nc4ccccc4c4nnc(C5CCCCC5)n34)CC2)c1. The van der Waals surface area contributed by atoms with E-state index < -0.39 is 10.0 Å². The van der Waals surface area contributed by atoms with E-state index in [1.54, 1.807) is 22.5 Å². The number of aryl methyl sites for hydroxylation is 1. The normalized spacial score (nSPS) is 18.6. The molecule has 9 heteroatoms. The summed E-state index contributed by atoms with van der Waals surface area (Å²) in [5.41, 5.74) is 2.67. The van der Waals surface area contributed by atoms with Crippen LogP contribution in [0, 0.1) is 6.92 Å². The highest BCUT2D eigenvalue weighted by molar-refractivity contribution is 7.89. The van der Waals surface area contributed by atoms with Crippen LogP contribution in [-0.4, -0.2) is 58.5 Å². The minimum atomic E-state index is -3.55. The van der Waals surface area contributed by atoms with E-state index in [0.29, 0.717) is 30.4 Å². The Morgan fingerprint density at radius 3 is 2.53 bits per heavy atom. The van der Waals surface area contributed by atoms with Crippen molar-refractivity contribution in [2.24, 2.45) is 0 Å². The second kappa shape index (κ2) is 9.44. The van der Waals surface area contributed by atoms with Gasteiger partial charge in [-0.3, -0.25) is 0 Å². The molecule has 0 atom stereocenters. The Morgan fingerprint density at radius 1 is 0.861 bits per heavy atom. The Morgan fingerprint density at radius 2 is 1.69 bits per heavy atom. The third kappa shape index (κ3) is 4.14. The van der Waals surface area contributed by atoms with Crippen molar-refractivity contribution in [3.63, 3.8) is 0 Å². The Bertz CT molecular complexity index is 1510. The fourth-order valence-corrected chi connectivity index (χ4v) is 7.26. The van der Waals surface area contributed by atoms with E-state index >= 15 is 0 Å². The molecule has 0 N–H and O–H groups in total. The largest absolute Gasteiger partial charge is 0.340 e. The monoisotopic (exact) mass is 504 g/mol. The maximum atomic E-state index is 13.4. The zero-order chi connectivity index (χ0) is 24.7. The average Bonchev–Trinajstić information content (AvgIpc) is 3.19. The van der Waals surface area contributed by atoms with E-state index in [-0.39, 0.29) is 0 Å². The molecule has 0 amide bonds. The summed E-state index contributed by atoms with van der Waals surface area (Å²) < 4.78 is 30.6. The van der Waals surface area contributed by atoms with Crippen molar-refractivity contribution < 1.29 is 8.42 Å². The predicted octanol–water partition coefficient (Wildman–Crippen LogP) is 4.53. The van der Waals surface area contributed by atoms with E-state index in [1.165, 1.54) is 19.3 Å². The van der Waals surface area contributed by atoms with Crippen molar-refractivity contribution in [2.45, 2.75) is 56.3 Å². The summed E-state index contributed by atoms with van der Waals surface area (Å²) in [5.74, 6) is 2.19. The second-order valence-electron chi connectivity index (χ2n) is 10.0. The molecule has 0 bridgehead atoms. The number of hydrogen-bond donors (Lipinski definition) is 0. The molecule has 1 aliphatic heterocycles. The molecule has 4 aromatic rings. The molecule has 1 aliphatic carbocycles. The smallest absolute Gasteiger partial charge is 0.243 e. The molecule has 0 radical (unpaired) electrons. The predicted molar refractivity (Wildman–Crippen MR) is 141 cm³/mol. The first-order valence-electron chi connectivity index (χ1n) is 13.0. The summed E-state index contributed by atoms with van der Waals surface area (Å²) in [5, 5.41) is 10.3. The highest BCUT2D eigenvalue weighted by atomic mass is 32.2. The fraction of sp³-hybridized carbons (Fsp3) is 0.444. The highest BCUT2D eigenvalue weighted by Crippen LogP contribution is 2.35. The van der Waals surface area contributed by atoms with Crippen molar-refractivity contribution in [2.75, 3.05) is 31.1 Å². The van der Waals surface area contributed by atoms with Crippen LogP contribution in [0.1, 0.15) is 55.8 Å². The number of fused-ring (bicyclic) bond motifs is 3. The minimum Gasteiger partial charge on any atom is -0.340 e. The summed E-state index contributed by atoms with van der Waals surface area (Å²) in [7, 11) is -3.55. The molecule has 0 unspecified atom stereocenters. The number of hydrogen-bond acceptors (Lipinski definition) is 6.